The molecule has 0 unspecified atom stereocenters. The van der Waals surface area contributed by atoms with Crippen molar-refractivity contribution in [1.29, 1.82) is 0 Å². The molecule has 100 valence electrons. The summed E-state index contributed by atoms with van der Waals surface area (Å²) >= 11 is 5.21. The number of hydrogen-bond acceptors (Lipinski definition) is 7. The third-order valence-corrected chi connectivity index (χ3v) is 2.45. The maximum Gasteiger partial charge on any atom is 0.365 e. The first-order chi connectivity index (χ1) is 9.11. The number of nitrogens with zero attached hydrogens (tertiary/aromatic N) is 2. The molecule has 0 saturated carbocycles. The number of rotatable bonds is 4. The van der Waals surface area contributed by atoms with E-state index in [4.69, 9.17) is 16.6 Å². The minimum absolute atomic E-state index is 0.0502. The molecule has 0 bridgehead atoms. The van der Waals surface area contributed by atoms with Crippen molar-refractivity contribution in [2.45, 2.75) is 12.8 Å². The Balaban J connectivity index is 2.03. The quantitative estimate of drug-likeness (QED) is 0.468. The predicted molar refractivity (Wildman–Crippen MR) is 63.4 cm³/mol. The highest BCUT2D eigenvalue weighted by Crippen LogP contribution is 2.14. The number of hydrazine groups is 1. The molecule has 0 spiro atoms. The molecule has 1 aliphatic heterocycles. The van der Waals surface area contributed by atoms with Crippen LogP contribution in [0.1, 0.15) is 23.2 Å². The van der Waals surface area contributed by atoms with Crippen molar-refractivity contribution in [3.05, 3.63) is 23.9 Å². The summed E-state index contributed by atoms with van der Waals surface area (Å²) < 4.78 is 0. The Morgan fingerprint density at radius 2 is 2.00 bits per heavy atom. The van der Waals surface area contributed by atoms with Crippen LogP contribution in [0.4, 0.5) is 5.82 Å². The van der Waals surface area contributed by atoms with Gasteiger partial charge in [-0.2, -0.15) is 0 Å². The number of carbonyl (C=O) groups is 3. The summed E-state index contributed by atoms with van der Waals surface area (Å²) in [5, 5.41) is 0.481. The molecule has 2 N–H and O–H groups in total. The number of hydroxylamine groups is 2. The average molecular weight is 285 g/mol. The first-order valence-corrected chi connectivity index (χ1v) is 5.65. The van der Waals surface area contributed by atoms with Gasteiger partial charge in [-0.25, -0.2) is 9.78 Å². The van der Waals surface area contributed by atoms with Crippen LogP contribution in [0.25, 0.3) is 0 Å². The van der Waals surface area contributed by atoms with E-state index in [2.05, 4.69) is 15.4 Å². The van der Waals surface area contributed by atoms with Gasteiger partial charge in [0.25, 0.3) is 11.8 Å². The number of pyridine rings is 1. The molecule has 2 amide bonds. The Hall–Kier alpha value is -2.19. The standard InChI is InChI=1S/C10H9ClN4O4/c11-14-13-7-2-1-6(5-12-7)10(18)19-15-8(16)3-4-9(15)17/h1-2,5,14H,3-4H2,(H,12,13). The zero-order valence-electron chi connectivity index (χ0n) is 9.55. The minimum atomic E-state index is -0.832. The van der Waals surface area contributed by atoms with E-state index in [0.717, 1.165) is 0 Å². The zero-order chi connectivity index (χ0) is 13.8. The van der Waals surface area contributed by atoms with Crippen LogP contribution in [0, 0.1) is 0 Å². The first kappa shape index (κ1) is 13.2. The summed E-state index contributed by atoms with van der Waals surface area (Å²) in [6, 6.07) is 2.89. The van der Waals surface area contributed by atoms with E-state index in [1.807, 2.05) is 0 Å². The van der Waals surface area contributed by atoms with E-state index in [1.54, 1.807) is 0 Å². The highest BCUT2D eigenvalue weighted by atomic mass is 35.5. The van der Waals surface area contributed by atoms with Crippen LogP contribution in [0.5, 0.6) is 0 Å². The summed E-state index contributed by atoms with van der Waals surface area (Å²) in [5.41, 5.74) is 2.60. The predicted octanol–water partition coefficient (Wildman–Crippen LogP) is 0.373. The van der Waals surface area contributed by atoms with Crippen molar-refractivity contribution in [2.75, 3.05) is 5.43 Å². The Morgan fingerprint density at radius 1 is 1.32 bits per heavy atom. The average Bonchev–Trinajstić information content (AvgIpc) is 2.72. The number of carbonyl (C=O) groups excluding carboxylic acids is 3. The van der Waals surface area contributed by atoms with Crippen LogP contribution in [0.2, 0.25) is 0 Å². The molecule has 0 aromatic carbocycles. The molecule has 9 heteroatoms. The van der Waals surface area contributed by atoms with E-state index in [0.29, 0.717) is 10.9 Å². The molecule has 2 rings (SSSR count). The number of amides is 2. The molecule has 1 aromatic rings. The molecule has 1 saturated heterocycles. The fraction of sp³-hybridized carbons (Fsp3) is 0.200. The van der Waals surface area contributed by atoms with Gasteiger partial charge in [0.15, 0.2) is 0 Å². The lowest BCUT2D eigenvalue weighted by atomic mass is 10.3. The van der Waals surface area contributed by atoms with Crippen molar-refractivity contribution in [3.63, 3.8) is 0 Å². The fourth-order valence-corrected chi connectivity index (χ4v) is 1.53. The van der Waals surface area contributed by atoms with Crippen LogP contribution in [0.3, 0.4) is 0 Å². The van der Waals surface area contributed by atoms with Crippen LogP contribution < -0.4 is 10.4 Å². The number of nitrogens with one attached hydrogen (secondary N) is 2. The van der Waals surface area contributed by atoms with Gasteiger partial charge in [0.05, 0.1) is 5.56 Å². The summed E-state index contributed by atoms with van der Waals surface area (Å²) in [4.78, 5) is 44.9. The number of anilines is 1. The largest absolute Gasteiger partial charge is 0.365 e. The normalized spacial score (nSPS) is 14.7. The lowest BCUT2D eigenvalue weighted by molar-refractivity contribution is -0.172. The van der Waals surface area contributed by atoms with E-state index in [9.17, 15) is 14.4 Å². The van der Waals surface area contributed by atoms with Crippen LogP contribution >= 0.6 is 11.8 Å². The monoisotopic (exact) mass is 284 g/mol. The number of halogens is 1. The second kappa shape index (κ2) is 5.63. The fourth-order valence-electron chi connectivity index (χ4n) is 1.43. The van der Waals surface area contributed by atoms with Gasteiger partial charge in [-0.15, -0.1) is 10.0 Å². The Kier molecular flexibility index (Phi) is 3.93. The highest BCUT2D eigenvalue weighted by molar-refractivity contribution is 6.13. The van der Waals surface area contributed by atoms with E-state index in [1.165, 1.54) is 18.3 Å². The topological polar surface area (TPSA) is 101 Å². The van der Waals surface area contributed by atoms with Crippen LogP contribution in [0.15, 0.2) is 18.3 Å². The van der Waals surface area contributed by atoms with Gasteiger partial charge < -0.3 is 4.84 Å². The van der Waals surface area contributed by atoms with Crippen molar-refractivity contribution in [1.82, 2.24) is 15.0 Å². The maximum absolute atomic E-state index is 11.7. The molecule has 19 heavy (non-hydrogen) atoms. The summed E-state index contributed by atoms with van der Waals surface area (Å²) in [7, 11) is 0. The van der Waals surface area contributed by atoms with E-state index < -0.39 is 17.8 Å². The number of aromatic nitrogens is 1. The Labute approximate surface area is 112 Å². The second-order valence-corrected chi connectivity index (χ2v) is 3.80. The molecular weight excluding hydrogens is 276 g/mol. The van der Waals surface area contributed by atoms with Crippen LogP contribution in [-0.2, 0) is 14.4 Å². The van der Waals surface area contributed by atoms with Gasteiger partial charge in [-0.05, 0) is 23.9 Å². The van der Waals surface area contributed by atoms with Gasteiger partial charge in [-0.1, -0.05) is 0 Å². The Morgan fingerprint density at radius 3 is 2.53 bits per heavy atom. The minimum Gasteiger partial charge on any atom is -0.325 e. The van der Waals surface area contributed by atoms with Gasteiger partial charge >= 0.3 is 5.97 Å². The zero-order valence-corrected chi connectivity index (χ0v) is 10.3. The Bertz CT molecular complexity index is 503. The van der Waals surface area contributed by atoms with Gasteiger partial charge in [0, 0.05) is 19.0 Å². The summed E-state index contributed by atoms with van der Waals surface area (Å²) in [6.45, 7) is 0. The molecule has 1 fully saturated rings. The lowest BCUT2D eigenvalue weighted by Gasteiger charge is -2.12. The summed E-state index contributed by atoms with van der Waals surface area (Å²) in [5.74, 6) is -1.51. The van der Waals surface area contributed by atoms with Crippen molar-refractivity contribution in [3.8, 4) is 0 Å². The molecule has 2 heterocycles. The SMILES string of the molecule is O=C(ON1C(=O)CCC1=O)c1ccc(NNCl)nc1. The molecule has 0 atom stereocenters. The van der Waals surface area contributed by atoms with Crippen LogP contribution in [-0.4, -0.2) is 27.8 Å². The van der Waals surface area contributed by atoms with Gasteiger partial charge in [0.2, 0.25) is 0 Å². The number of imide groups is 1. The molecule has 0 radical (unpaired) electrons. The second-order valence-electron chi connectivity index (χ2n) is 3.61. The molecule has 1 aliphatic rings. The van der Waals surface area contributed by atoms with Gasteiger partial charge in [0.1, 0.15) is 5.82 Å². The summed E-state index contributed by atoms with van der Waals surface area (Å²) in [6.07, 6.45) is 1.33. The maximum atomic E-state index is 11.7. The highest BCUT2D eigenvalue weighted by Gasteiger charge is 2.33. The molecule has 1 aromatic heterocycles. The lowest BCUT2D eigenvalue weighted by Crippen LogP contribution is -2.32. The molecule has 0 aliphatic carbocycles. The van der Waals surface area contributed by atoms with Crippen molar-refractivity contribution in [2.24, 2.45) is 0 Å². The van der Waals surface area contributed by atoms with Crippen molar-refractivity contribution >= 4 is 35.4 Å². The molecule has 8 nitrogen and oxygen atoms in total. The number of hydrogen-bond donors (Lipinski definition) is 2. The van der Waals surface area contributed by atoms with E-state index >= 15 is 0 Å². The van der Waals surface area contributed by atoms with Crippen molar-refractivity contribution < 1.29 is 19.2 Å². The molecular formula is C10H9ClN4O4. The smallest absolute Gasteiger partial charge is 0.325 e. The third-order valence-electron chi connectivity index (χ3n) is 2.35. The first-order valence-electron chi connectivity index (χ1n) is 5.27. The van der Waals surface area contributed by atoms with E-state index in [-0.39, 0.29) is 18.4 Å². The van der Waals surface area contributed by atoms with Gasteiger partial charge in [-0.3, -0.25) is 15.0 Å². The third kappa shape index (κ3) is 2.98.